The van der Waals surface area contributed by atoms with Crippen LogP contribution in [0.3, 0.4) is 0 Å². The summed E-state index contributed by atoms with van der Waals surface area (Å²) in [6.45, 7) is 8.64. The molecule has 102 valence electrons. The third-order valence-electron chi connectivity index (χ3n) is 2.65. The molecule has 0 heterocycles. The van der Waals surface area contributed by atoms with E-state index in [1.165, 1.54) is 5.56 Å². The second-order valence-corrected chi connectivity index (χ2v) is 6.39. The summed E-state index contributed by atoms with van der Waals surface area (Å²) in [6, 6.07) is 8.48. The molecule has 18 heavy (non-hydrogen) atoms. The number of nitrogens with zero attached hydrogens (tertiary/aromatic N) is 1. The highest BCUT2D eigenvalue weighted by molar-refractivity contribution is 5.29. The maximum absolute atomic E-state index is 5.78. The predicted molar refractivity (Wildman–Crippen MR) is 78.3 cm³/mol. The lowest BCUT2D eigenvalue weighted by molar-refractivity contribution is 0.281. The summed E-state index contributed by atoms with van der Waals surface area (Å²) < 4.78 is 5.78. The van der Waals surface area contributed by atoms with E-state index < -0.39 is 0 Å². The smallest absolute Gasteiger partial charge is 0.119 e. The quantitative estimate of drug-likeness (QED) is 0.714. The van der Waals surface area contributed by atoms with Crippen LogP contribution in [0.5, 0.6) is 5.75 Å². The van der Waals surface area contributed by atoms with Gasteiger partial charge in [-0.15, -0.1) is 0 Å². The number of rotatable bonds is 6. The van der Waals surface area contributed by atoms with E-state index in [1.807, 2.05) is 6.07 Å². The zero-order valence-corrected chi connectivity index (χ0v) is 12.5. The first-order valence-electron chi connectivity index (χ1n) is 6.73. The van der Waals surface area contributed by atoms with Gasteiger partial charge < -0.3 is 9.64 Å². The first-order chi connectivity index (χ1) is 8.37. The molecule has 0 spiro atoms. The summed E-state index contributed by atoms with van der Waals surface area (Å²) in [5, 5.41) is 0. The summed E-state index contributed by atoms with van der Waals surface area (Å²) in [7, 11) is 4.17. The average molecular weight is 249 g/mol. The van der Waals surface area contributed by atoms with Crippen LogP contribution in [0.25, 0.3) is 0 Å². The Balaban J connectivity index is 2.44. The second-order valence-electron chi connectivity index (χ2n) is 6.39. The molecular formula is C16H27NO. The molecule has 2 nitrogen and oxygen atoms in total. The van der Waals surface area contributed by atoms with Crippen molar-refractivity contribution in [3.63, 3.8) is 0 Å². The van der Waals surface area contributed by atoms with Crippen LogP contribution in [0.1, 0.15) is 32.8 Å². The maximum atomic E-state index is 5.78. The topological polar surface area (TPSA) is 12.5 Å². The van der Waals surface area contributed by atoms with Gasteiger partial charge in [0.2, 0.25) is 0 Å². The van der Waals surface area contributed by atoms with Crippen molar-refractivity contribution < 1.29 is 4.74 Å². The predicted octanol–water partition coefficient (Wildman–Crippen LogP) is 3.61. The maximum Gasteiger partial charge on any atom is 0.119 e. The fourth-order valence-corrected chi connectivity index (χ4v) is 1.93. The fourth-order valence-electron chi connectivity index (χ4n) is 1.93. The van der Waals surface area contributed by atoms with Crippen LogP contribution in [-0.4, -0.2) is 32.1 Å². The lowest BCUT2D eigenvalue weighted by Gasteiger charge is -2.18. The molecule has 0 bridgehead atoms. The molecule has 0 unspecified atom stereocenters. The normalized spacial score (nSPS) is 11.9. The lowest BCUT2D eigenvalue weighted by Crippen LogP contribution is -2.15. The van der Waals surface area contributed by atoms with Crippen LogP contribution in [0.15, 0.2) is 24.3 Å². The second kappa shape index (κ2) is 6.79. The summed E-state index contributed by atoms with van der Waals surface area (Å²) in [6.07, 6.45) is 2.15. The molecule has 0 aliphatic rings. The van der Waals surface area contributed by atoms with E-state index in [4.69, 9.17) is 4.74 Å². The Morgan fingerprint density at radius 1 is 1.17 bits per heavy atom. The van der Waals surface area contributed by atoms with Gasteiger partial charge >= 0.3 is 0 Å². The molecule has 0 aliphatic carbocycles. The SMILES string of the molecule is CN(C)CCCOc1cccc(CC(C)(C)C)c1. The number of hydrogen-bond acceptors (Lipinski definition) is 2. The zero-order valence-electron chi connectivity index (χ0n) is 12.5. The fraction of sp³-hybridized carbons (Fsp3) is 0.625. The van der Waals surface area contributed by atoms with Gasteiger partial charge in [-0.05, 0) is 50.0 Å². The van der Waals surface area contributed by atoms with Crippen LogP contribution in [0, 0.1) is 5.41 Å². The first kappa shape index (κ1) is 15.0. The van der Waals surface area contributed by atoms with Crippen molar-refractivity contribution in [2.45, 2.75) is 33.6 Å². The Bertz CT molecular complexity index is 352. The van der Waals surface area contributed by atoms with Crippen molar-refractivity contribution in [3.8, 4) is 5.75 Å². The van der Waals surface area contributed by atoms with Gasteiger partial charge in [0, 0.05) is 6.54 Å². The minimum atomic E-state index is 0.323. The summed E-state index contributed by atoms with van der Waals surface area (Å²) in [5.74, 6) is 0.996. The van der Waals surface area contributed by atoms with E-state index in [2.05, 4.69) is 58.0 Å². The molecule has 1 rings (SSSR count). The summed E-state index contributed by atoms with van der Waals surface area (Å²) in [5.41, 5.74) is 1.68. The van der Waals surface area contributed by atoms with Gasteiger partial charge in [0.25, 0.3) is 0 Å². The van der Waals surface area contributed by atoms with Gasteiger partial charge in [0.05, 0.1) is 6.61 Å². The summed E-state index contributed by atoms with van der Waals surface area (Å²) in [4.78, 5) is 2.18. The Labute approximate surface area is 112 Å². The molecule has 1 aromatic rings. The van der Waals surface area contributed by atoms with E-state index >= 15 is 0 Å². The van der Waals surface area contributed by atoms with Gasteiger partial charge in [0.1, 0.15) is 5.75 Å². The Hall–Kier alpha value is -1.02. The van der Waals surface area contributed by atoms with E-state index in [1.54, 1.807) is 0 Å². The highest BCUT2D eigenvalue weighted by Gasteiger charge is 2.11. The molecule has 0 N–H and O–H groups in total. The van der Waals surface area contributed by atoms with Gasteiger partial charge in [-0.3, -0.25) is 0 Å². The number of ether oxygens (including phenoxy) is 1. The van der Waals surface area contributed by atoms with Crippen molar-refractivity contribution in [3.05, 3.63) is 29.8 Å². The molecule has 1 aromatic carbocycles. The Morgan fingerprint density at radius 3 is 2.50 bits per heavy atom. The van der Waals surface area contributed by atoms with Crippen molar-refractivity contribution in [2.24, 2.45) is 5.41 Å². The minimum Gasteiger partial charge on any atom is -0.494 e. The van der Waals surface area contributed by atoms with Crippen molar-refractivity contribution >= 4 is 0 Å². The highest BCUT2D eigenvalue weighted by atomic mass is 16.5. The van der Waals surface area contributed by atoms with E-state index in [0.29, 0.717) is 5.41 Å². The Morgan fingerprint density at radius 2 is 1.89 bits per heavy atom. The molecule has 0 fully saturated rings. The van der Waals surface area contributed by atoms with Crippen LogP contribution < -0.4 is 4.74 Å². The molecule has 0 aromatic heterocycles. The molecule has 0 aliphatic heterocycles. The lowest BCUT2D eigenvalue weighted by atomic mass is 9.88. The molecule has 0 saturated carbocycles. The highest BCUT2D eigenvalue weighted by Crippen LogP contribution is 2.23. The van der Waals surface area contributed by atoms with E-state index in [-0.39, 0.29) is 0 Å². The van der Waals surface area contributed by atoms with E-state index in [9.17, 15) is 0 Å². The van der Waals surface area contributed by atoms with Crippen molar-refractivity contribution in [2.75, 3.05) is 27.2 Å². The largest absolute Gasteiger partial charge is 0.494 e. The number of hydrogen-bond donors (Lipinski definition) is 0. The average Bonchev–Trinajstić information content (AvgIpc) is 2.22. The van der Waals surface area contributed by atoms with Gasteiger partial charge in [-0.2, -0.15) is 0 Å². The zero-order chi connectivity index (χ0) is 13.6. The molecule has 0 saturated heterocycles. The van der Waals surface area contributed by atoms with Crippen molar-refractivity contribution in [1.29, 1.82) is 0 Å². The monoisotopic (exact) mass is 249 g/mol. The molecule has 0 amide bonds. The van der Waals surface area contributed by atoms with Crippen molar-refractivity contribution in [1.82, 2.24) is 4.90 Å². The molecular weight excluding hydrogens is 222 g/mol. The first-order valence-corrected chi connectivity index (χ1v) is 6.73. The molecule has 2 heteroatoms. The van der Waals surface area contributed by atoms with E-state index in [0.717, 1.165) is 31.7 Å². The standard InChI is InChI=1S/C16H27NO/c1-16(2,3)13-14-8-6-9-15(12-14)18-11-7-10-17(4)5/h6,8-9,12H,7,10-11,13H2,1-5H3. The third-order valence-corrected chi connectivity index (χ3v) is 2.65. The molecule has 0 atom stereocenters. The number of benzene rings is 1. The van der Waals surface area contributed by atoms with Gasteiger partial charge in [-0.25, -0.2) is 0 Å². The Kier molecular flexibility index (Phi) is 5.67. The minimum absolute atomic E-state index is 0.323. The van der Waals surface area contributed by atoms with Crippen LogP contribution in [0.2, 0.25) is 0 Å². The summed E-state index contributed by atoms with van der Waals surface area (Å²) >= 11 is 0. The van der Waals surface area contributed by atoms with Crippen LogP contribution in [-0.2, 0) is 6.42 Å². The van der Waals surface area contributed by atoms with Gasteiger partial charge in [-0.1, -0.05) is 32.9 Å². The van der Waals surface area contributed by atoms with Crippen LogP contribution in [0.4, 0.5) is 0 Å². The third kappa shape index (κ3) is 6.65. The van der Waals surface area contributed by atoms with Gasteiger partial charge in [0.15, 0.2) is 0 Å². The molecule has 0 radical (unpaired) electrons. The van der Waals surface area contributed by atoms with Crippen LogP contribution >= 0.6 is 0 Å².